The van der Waals surface area contributed by atoms with Crippen LogP contribution in [0.3, 0.4) is 0 Å². The number of hydrogen-bond acceptors (Lipinski definition) is 8. The number of thiazole rings is 1. The summed E-state index contributed by atoms with van der Waals surface area (Å²) in [7, 11) is 0. The molecule has 30 heavy (non-hydrogen) atoms. The van der Waals surface area contributed by atoms with Crippen molar-refractivity contribution in [3.05, 3.63) is 40.4 Å². The number of hydrogen-bond donors (Lipinski definition) is 1. The first-order valence-electron chi connectivity index (χ1n) is 9.71. The second-order valence-electron chi connectivity index (χ2n) is 8.06. The van der Waals surface area contributed by atoms with E-state index in [1.807, 2.05) is 29.2 Å². The zero-order valence-corrected chi connectivity index (χ0v) is 18.2. The Morgan fingerprint density at radius 2 is 2.03 bits per heavy atom. The van der Waals surface area contributed by atoms with Crippen molar-refractivity contribution in [1.82, 2.24) is 9.88 Å². The molecule has 8 nitrogen and oxygen atoms in total. The van der Waals surface area contributed by atoms with Crippen LogP contribution in [0.5, 0.6) is 0 Å². The minimum Gasteiger partial charge on any atom is -0.444 e. The maximum Gasteiger partial charge on any atom is 0.413 e. The summed E-state index contributed by atoms with van der Waals surface area (Å²) in [6, 6.07) is 7.81. The number of carbonyl (C=O) groups is 2. The highest BCUT2D eigenvalue weighted by Crippen LogP contribution is 2.31. The van der Waals surface area contributed by atoms with Gasteiger partial charge in [0.1, 0.15) is 17.3 Å². The number of ether oxygens (including phenoxy) is 1. The Morgan fingerprint density at radius 1 is 1.27 bits per heavy atom. The number of aromatic nitrogens is 1. The van der Waals surface area contributed by atoms with Gasteiger partial charge in [0, 0.05) is 12.1 Å². The van der Waals surface area contributed by atoms with Gasteiger partial charge in [0.05, 0.1) is 29.2 Å². The van der Waals surface area contributed by atoms with Crippen LogP contribution >= 0.6 is 11.3 Å². The third kappa shape index (κ3) is 4.11. The Hall–Kier alpha value is -3.07. The predicted octanol–water partition coefficient (Wildman–Crippen LogP) is 4.18. The molecule has 0 fully saturated rings. The predicted molar refractivity (Wildman–Crippen MR) is 117 cm³/mol. The lowest BCUT2D eigenvalue weighted by Crippen LogP contribution is -2.38. The van der Waals surface area contributed by atoms with Crippen LogP contribution in [0.1, 0.15) is 48.1 Å². The van der Waals surface area contributed by atoms with Gasteiger partial charge in [-0.2, -0.15) is 0 Å². The van der Waals surface area contributed by atoms with E-state index in [9.17, 15) is 9.59 Å². The van der Waals surface area contributed by atoms with E-state index < -0.39 is 11.7 Å². The Labute approximate surface area is 178 Å². The molecule has 1 aromatic carbocycles. The second kappa shape index (κ2) is 7.64. The summed E-state index contributed by atoms with van der Waals surface area (Å²) < 4.78 is 5.25. The molecule has 2 aromatic rings. The zero-order valence-electron chi connectivity index (χ0n) is 17.4. The summed E-state index contributed by atoms with van der Waals surface area (Å²) in [5.74, 6) is 1.47. The van der Waals surface area contributed by atoms with Gasteiger partial charge in [0.2, 0.25) is 0 Å². The van der Waals surface area contributed by atoms with E-state index in [0.29, 0.717) is 34.6 Å². The van der Waals surface area contributed by atoms with E-state index in [2.05, 4.69) is 15.3 Å². The first-order valence-corrected chi connectivity index (χ1v) is 10.5. The Bertz CT molecular complexity index is 1080. The zero-order chi connectivity index (χ0) is 21.5. The second-order valence-corrected chi connectivity index (χ2v) is 9.06. The number of ketones is 1. The van der Waals surface area contributed by atoms with E-state index in [1.165, 1.54) is 0 Å². The topological polar surface area (TPSA) is 96.2 Å². The first kappa shape index (κ1) is 20.2. The van der Waals surface area contributed by atoms with Crippen LogP contribution in [0.4, 0.5) is 15.6 Å². The quantitative estimate of drug-likeness (QED) is 0.742. The molecule has 0 unspecified atom stereocenters. The van der Waals surface area contributed by atoms with Gasteiger partial charge in [-0.25, -0.2) is 14.8 Å². The van der Waals surface area contributed by atoms with Crippen molar-refractivity contribution in [3.63, 3.8) is 0 Å². The number of carbonyl (C=O) groups excluding carboxylic acids is 2. The molecule has 2 aliphatic heterocycles. The monoisotopic (exact) mass is 425 g/mol. The van der Waals surface area contributed by atoms with Gasteiger partial charge < -0.3 is 9.64 Å². The maximum atomic E-state index is 13.0. The fourth-order valence-electron chi connectivity index (χ4n) is 3.35. The van der Waals surface area contributed by atoms with Gasteiger partial charge in [0.15, 0.2) is 10.9 Å². The van der Waals surface area contributed by atoms with Gasteiger partial charge in [-0.3, -0.25) is 15.1 Å². The van der Waals surface area contributed by atoms with E-state index in [1.54, 1.807) is 27.7 Å². The number of anilines is 1. The Morgan fingerprint density at radius 3 is 2.80 bits per heavy atom. The molecular weight excluding hydrogens is 402 g/mol. The number of nitrogens with one attached hydrogen (secondary N) is 1. The largest absolute Gasteiger partial charge is 0.444 e. The van der Waals surface area contributed by atoms with E-state index in [-0.39, 0.29) is 12.2 Å². The van der Waals surface area contributed by atoms with Crippen LogP contribution < -0.4 is 5.32 Å². The molecule has 0 bridgehead atoms. The number of fused-ring (bicyclic) bond motifs is 3. The summed E-state index contributed by atoms with van der Waals surface area (Å²) in [6.45, 7) is 8.50. The number of rotatable bonds is 4. The highest BCUT2D eigenvalue weighted by atomic mass is 32.1. The number of amidine groups is 2. The fourth-order valence-corrected chi connectivity index (χ4v) is 4.24. The molecule has 0 atom stereocenters. The molecule has 3 heterocycles. The van der Waals surface area contributed by atoms with Gasteiger partial charge >= 0.3 is 6.09 Å². The minimum absolute atomic E-state index is 0.0911. The summed E-state index contributed by atoms with van der Waals surface area (Å²) in [6.07, 6.45) is -0.455. The van der Waals surface area contributed by atoms with E-state index in [0.717, 1.165) is 28.4 Å². The third-order valence-electron chi connectivity index (χ3n) is 4.52. The van der Waals surface area contributed by atoms with E-state index in [4.69, 9.17) is 9.73 Å². The summed E-state index contributed by atoms with van der Waals surface area (Å²) in [5, 5.41) is 2.94. The van der Waals surface area contributed by atoms with Crippen molar-refractivity contribution < 1.29 is 14.3 Å². The van der Waals surface area contributed by atoms with Gasteiger partial charge in [0.25, 0.3) is 0 Å². The molecule has 0 saturated heterocycles. The molecule has 9 heteroatoms. The van der Waals surface area contributed by atoms with Crippen LogP contribution in [0.2, 0.25) is 0 Å². The molecule has 0 aliphatic carbocycles. The standard InChI is InChI=1S/C21H23N5O3S/c1-12-17(30-19(23-12)25-20(28)29-21(2,3)4)15(27)11-16-24-14-8-6-5-7-13(14)18-22-9-10-26(16)18/h5-8H,9-11H2,1-4H3,(H,23,25,28). The number of aliphatic imine (C=N–C) groups is 2. The number of para-hydroxylation sites is 1. The third-order valence-corrected chi connectivity index (χ3v) is 5.64. The Kier molecular flexibility index (Phi) is 5.15. The SMILES string of the molecule is Cc1nc(NC(=O)OC(C)(C)C)sc1C(=O)CC1=Nc2ccccc2C2=NCCN12. The van der Waals surface area contributed by atoms with Crippen LogP contribution in [-0.2, 0) is 4.74 Å². The lowest BCUT2D eigenvalue weighted by Gasteiger charge is -2.27. The first-order chi connectivity index (χ1) is 14.2. The van der Waals surface area contributed by atoms with Crippen molar-refractivity contribution in [2.24, 2.45) is 9.98 Å². The van der Waals surface area contributed by atoms with Gasteiger partial charge in [-0.1, -0.05) is 23.5 Å². The molecule has 1 N–H and O–H groups in total. The van der Waals surface area contributed by atoms with E-state index >= 15 is 0 Å². The summed E-state index contributed by atoms with van der Waals surface area (Å²) >= 11 is 1.15. The lowest BCUT2D eigenvalue weighted by atomic mass is 10.1. The van der Waals surface area contributed by atoms with Crippen LogP contribution in [-0.4, -0.2) is 52.1 Å². The average molecular weight is 426 g/mol. The number of Topliss-reactive ketones (excluding diaryl/α,β-unsaturated/α-hetero) is 1. The fraction of sp³-hybridized carbons (Fsp3) is 0.381. The number of aryl methyl sites for hydroxylation is 1. The number of benzene rings is 1. The average Bonchev–Trinajstić information content (AvgIpc) is 3.27. The maximum absolute atomic E-state index is 13.0. The minimum atomic E-state index is -0.612. The molecule has 156 valence electrons. The van der Waals surface area contributed by atoms with Crippen molar-refractivity contribution >= 4 is 45.7 Å². The van der Waals surface area contributed by atoms with Crippen LogP contribution in [0.25, 0.3) is 0 Å². The molecule has 0 saturated carbocycles. The number of amides is 1. The normalized spacial score (nSPS) is 15.1. The highest BCUT2D eigenvalue weighted by molar-refractivity contribution is 7.17. The molecule has 0 spiro atoms. The molecular formula is C21H23N5O3S. The van der Waals surface area contributed by atoms with Gasteiger partial charge in [-0.05, 0) is 39.8 Å². The highest BCUT2D eigenvalue weighted by Gasteiger charge is 2.31. The van der Waals surface area contributed by atoms with Crippen molar-refractivity contribution in [2.75, 3.05) is 18.4 Å². The molecule has 0 radical (unpaired) electrons. The lowest BCUT2D eigenvalue weighted by molar-refractivity contribution is 0.0635. The van der Waals surface area contributed by atoms with Crippen molar-refractivity contribution in [1.29, 1.82) is 0 Å². The Balaban J connectivity index is 1.52. The van der Waals surface area contributed by atoms with Gasteiger partial charge in [-0.15, -0.1) is 0 Å². The number of nitrogens with zero attached hydrogens (tertiary/aromatic N) is 4. The summed E-state index contributed by atoms with van der Waals surface area (Å²) in [5.41, 5.74) is 1.78. The molecule has 2 aliphatic rings. The summed E-state index contributed by atoms with van der Waals surface area (Å²) in [4.78, 5) is 41.2. The molecule has 1 aromatic heterocycles. The van der Waals surface area contributed by atoms with Crippen LogP contribution in [0.15, 0.2) is 34.3 Å². The smallest absolute Gasteiger partial charge is 0.413 e. The van der Waals surface area contributed by atoms with Crippen molar-refractivity contribution in [3.8, 4) is 0 Å². The van der Waals surface area contributed by atoms with Crippen molar-refractivity contribution in [2.45, 2.75) is 39.7 Å². The van der Waals surface area contributed by atoms with Crippen LogP contribution in [0, 0.1) is 6.92 Å². The molecule has 4 rings (SSSR count). The molecule has 1 amide bonds.